The fourth-order valence-corrected chi connectivity index (χ4v) is 4.33. The zero-order valence-electron chi connectivity index (χ0n) is 8.86. The summed E-state index contributed by atoms with van der Waals surface area (Å²) in [4.78, 5) is 1.46. The summed E-state index contributed by atoms with van der Waals surface area (Å²) in [5, 5.41) is 4.23. The van der Waals surface area contributed by atoms with Gasteiger partial charge in [0.25, 0.3) is 0 Å². The Bertz CT molecular complexity index is 413. The minimum absolute atomic E-state index is 0.190. The zero-order chi connectivity index (χ0) is 10.3. The number of hydrogen-bond acceptors (Lipinski definition) is 2. The lowest BCUT2D eigenvalue weighted by atomic mass is 9.79. The van der Waals surface area contributed by atoms with Crippen molar-refractivity contribution in [1.82, 2.24) is 5.32 Å². The predicted octanol–water partition coefficient (Wildman–Crippen LogP) is 2.93. The van der Waals surface area contributed by atoms with Crippen LogP contribution in [0.4, 0.5) is 0 Å². The van der Waals surface area contributed by atoms with E-state index in [9.17, 15) is 0 Å². The predicted molar refractivity (Wildman–Crippen MR) is 65.2 cm³/mol. The van der Waals surface area contributed by atoms with Gasteiger partial charge in [0.15, 0.2) is 0 Å². The van der Waals surface area contributed by atoms with E-state index in [-0.39, 0.29) is 5.54 Å². The Balaban J connectivity index is 2.15. The van der Waals surface area contributed by atoms with Crippen molar-refractivity contribution in [3.05, 3.63) is 42.0 Å². The Morgan fingerprint density at radius 2 is 2.20 bits per heavy atom. The van der Waals surface area contributed by atoms with Gasteiger partial charge >= 0.3 is 0 Å². The number of fused-ring (bicyclic) bond motifs is 3. The van der Waals surface area contributed by atoms with Gasteiger partial charge in [-0.3, -0.25) is 0 Å². The van der Waals surface area contributed by atoms with E-state index in [1.807, 2.05) is 11.8 Å². The number of benzene rings is 1. The Kier molecular flexibility index (Phi) is 2.15. The maximum absolute atomic E-state index is 3.56. The van der Waals surface area contributed by atoms with Crippen LogP contribution in [0.5, 0.6) is 0 Å². The molecule has 0 radical (unpaired) electrons. The molecule has 1 heterocycles. The molecule has 2 aliphatic rings. The molecule has 2 unspecified atom stereocenters. The number of thioether (sulfide) groups is 1. The van der Waals surface area contributed by atoms with E-state index >= 15 is 0 Å². The van der Waals surface area contributed by atoms with E-state index < -0.39 is 0 Å². The van der Waals surface area contributed by atoms with E-state index in [1.54, 1.807) is 0 Å². The standard InChI is InChI=1S/C13H15NS/c1-14-13-9-5-4-8-12(13)15-11-7-3-2-6-10(11)13/h2-7,12,14H,8-9H2,1H3. The fraction of sp³-hybridized carbons (Fsp3) is 0.385. The smallest absolute Gasteiger partial charge is 0.0604 e. The third kappa shape index (κ3) is 1.21. The summed E-state index contributed by atoms with van der Waals surface area (Å²) in [6.07, 6.45) is 6.94. The maximum Gasteiger partial charge on any atom is 0.0604 e. The number of nitrogens with one attached hydrogen (secondary N) is 1. The quantitative estimate of drug-likeness (QED) is 0.726. The first-order valence-corrected chi connectivity index (χ1v) is 6.35. The summed E-state index contributed by atoms with van der Waals surface area (Å²) < 4.78 is 0. The van der Waals surface area contributed by atoms with Crippen molar-refractivity contribution in [2.75, 3.05) is 7.05 Å². The highest BCUT2D eigenvalue weighted by Gasteiger charge is 2.46. The lowest BCUT2D eigenvalue weighted by Crippen LogP contribution is -2.46. The summed E-state index contributed by atoms with van der Waals surface area (Å²) >= 11 is 2.03. The minimum Gasteiger partial charge on any atom is -0.309 e. The molecule has 1 nitrogen and oxygen atoms in total. The number of hydrogen-bond donors (Lipinski definition) is 1. The molecule has 0 saturated heterocycles. The number of allylic oxidation sites excluding steroid dienone is 1. The molecule has 0 fully saturated rings. The molecule has 1 aliphatic carbocycles. The molecule has 0 aromatic heterocycles. The molecule has 1 aromatic rings. The molecule has 2 heteroatoms. The monoisotopic (exact) mass is 217 g/mol. The van der Waals surface area contributed by atoms with E-state index in [2.05, 4.69) is 48.8 Å². The summed E-state index contributed by atoms with van der Waals surface area (Å²) in [6.45, 7) is 0. The van der Waals surface area contributed by atoms with Gasteiger partial charge in [-0.2, -0.15) is 0 Å². The van der Waals surface area contributed by atoms with Crippen molar-refractivity contribution in [3.63, 3.8) is 0 Å². The highest BCUT2D eigenvalue weighted by molar-refractivity contribution is 8.00. The molecule has 2 atom stereocenters. The van der Waals surface area contributed by atoms with Crippen molar-refractivity contribution in [2.24, 2.45) is 0 Å². The van der Waals surface area contributed by atoms with Crippen LogP contribution < -0.4 is 5.32 Å². The van der Waals surface area contributed by atoms with Gasteiger partial charge in [-0.15, -0.1) is 11.8 Å². The van der Waals surface area contributed by atoms with Crippen LogP contribution in [-0.2, 0) is 5.54 Å². The van der Waals surface area contributed by atoms with Crippen molar-refractivity contribution >= 4 is 11.8 Å². The fourth-order valence-electron chi connectivity index (χ4n) is 2.74. The highest BCUT2D eigenvalue weighted by Crippen LogP contribution is 2.52. The van der Waals surface area contributed by atoms with Gasteiger partial charge in [-0.25, -0.2) is 0 Å². The summed E-state index contributed by atoms with van der Waals surface area (Å²) in [5.41, 5.74) is 1.68. The van der Waals surface area contributed by atoms with E-state index in [0.717, 1.165) is 6.42 Å². The Morgan fingerprint density at radius 1 is 1.33 bits per heavy atom. The molecule has 78 valence electrons. The van der Waals surface area contributed by atoms with Gasteiger partial charge < -0.3 is 5.32 Å². The largest absolute Gasteiger partial charge is 0.309 e. The Hall–Kier alpha value is -0.730. The Morgan fingerprint density at radius 3 is 3.07 bits per heavy atom. The first kappa shape index (κ1) is 9.49. The Labute approximate surface area is 95.0 Å². The van der Waals surface area contributed by atoms with Crippen LogP contribution in [-0.4, -0.2) is 12.3 Å². The second-order valence-electron chi connectivity index (χ2n) is 4.24. The van der Waals surface area contributed by atoms with Gasteiger partial charge in [0.1, 0.15) is 0 Å². The highest BCUT2D eigenvalue weighted by atomic mass is 32.2. The van der Waals surface area contributed by atoms with Gasteiger partial charge in [-0.05, 0) is 31.5 Å². The van der Waals surface area contributed by atoms with Crippen molar-refractivity contribution < 1.29 is 0 Å². The molecule has 1 N–H and O–H groups in total. The normalized spacial score (nSPS) is 32.5. The summed E-state index contributed by atoms with van der Waals surface area (Å²) in [7, 11) is 2.09. The third-order valence-electron chi connectivity index (χ3n) is 3.59. The van der Waals surface area contributed by atoms with E-state index in [1.165, 1.54) is 16.9 Å². The van der Waals surface area contributed by atoms with Gasteiger partial charge in [0, 0.05) is 10.1 Å². The molecule has 1 aromatic carbocycles. The molecule has 0 saturated carbocycles. The van der Waals surface area contributed by atoms with Gasteiger partial charge in [0.05, 0.1) is 5.54 Å². The lowest BCUT2D eigenvalue weighted by Gasteiger charge is -2.36. The molecular formula is C13H15NS. The second kappa shape index (κ2) is 3.39. The van der Waals surface area contributed by atoms with Crippen LogP contribution in [0.25, 0.3) is 0 Å². The van der Waals surface area contributed by atoms with Crippen LogP contribution in [0.3, 0.4) is 0 Å². The molecule has 15 heavy (non-hydrogen) atoms. The first-order valence-electron chi connectivity index (χ1n) is 5.47. The van der Waals surface area contributed by atoms with E-state index in [4.69, 9.17) is 0 Å². The molecule has 1 aliphatic heterocycles. The molecular weight excluding hydrogens is 202 g/mol. The number of rotatable bonds is 1. The SMILES string of the molecule is CNC12CC=CCC1Sc1ccccc12. The lowest BCUT2D eigenvalue weighted by molar-refractivity contribution is 0.344. The molecule has 0 spiro atoms. The summed E-state index contributed by atoms with van der Waals surface area (Å²) in [6, 6.07) is 8.81. The first-order chi connectivity index (χ1) is 7.37. The van der Waals surface area contributed by atoms with Crippen molar-refractivity contribution in [2.45, 2.75) is 28.5 Å². The molecule has 0 bridgehead atoms. The second-order valence-corrected chi connectivity index (χ2v) is 5.48. The summed E-state index contributed by atoms with van der Waals surface area (Å²) in [5.74, 6) is 0. The van der Waals surface area contributed by atoms with Crippen LogP contribution >= 0.6 is 11.8 Å². The topological polar surface area (TPSA) is 12.0 Å². The van der Waals surface area contributed by atoms with Crippen molar-refractivity contribution in [1.29, 1.82) is 0 Å². The molecule has 3 rings (SSSR count). The minimum atomic E-state index is 0.190. The van der Waals surface area contributed by atoms with Crippen LogP contribution in [0.1, 0.15) is 18.4 Å². The van der Waals surface area contributed by atoms with Crippen LogP contribution in [0.2, 0.25) is 0 Å². The average Bonchev–Trinajstić information content (AvgIpc) is 2.64. The van der Waals surface area contributed by atoms with Crippen LogP contribution in [0.15, 0.2) is 41.3 Å². The van der Waals surface area contributed by atoms with E-state index in [0.29, 0.717) is 5.25 Å². The maximum atomic E-state index is 3.56. The van der Waals surface area contributed by atoms with Gasteiger partial charge in [-0.1, -0.05) is 30.4 Å². The van der Waals surface area contributed by atoms with Crippen LogP contribution in [0, 0.1) is 0 Å². The van der Waals surface area contributed by atoms with Crippen molar-refractivity contribution in [3.8, 4) is 0 Å². The third-order valence-corrected chi connectivity index (χ3v) is 5.08. The average molecular weight is 217 g/mol. The molecule has 0 amide bonds. The zero-order valence-corrected chi connectivity index (χ0v) is 9.68. The van der Waals surface area contributed by atoms with Gasteiger partial charge in [0.2, 0.25) is 0 Å².